The van der Waals surface area contributed by atoms with Gasteiger partial charge >= 0.3 is 0 Å². The van der Waals surface area contributed by atoms with Crippen molar-refractivity contribution >= 4 is 76.8 Å². The molecule has 0 saturated heterocycles. The molecular weight excluding hydrogens is 1800 g/mol. The first-order valence-corrected chi connectivity index (χ1v) is 45.8. The second-order valence-electron chi connectivity index (χ2n) is 34.6. The molecule has 22 rings (SSSR count). The largest absolute Gasteiger partial charge is 0.309 e. The molecule has 0 unspecified atom stereocenters. The van der Waals surface area contributed by atoms with E-state index in [1.807, 2.05) is 217 Å². The number of hydrogen-bond acceptors (Lipinski definition) is 24. The van der Waals surface area contributed by atoms with Gasteiger partial charge in [-0.3, -0.25) is 0 Å². The Kier molecular flexibility index (Phi) is 24.1. The zero-order chi connectivity index (χ0) is 101. The highest BCUT2D eigenvalue weighted by Gasteiger charge is 2.28. The summed E-state index contributed by atoms with van der Waals surface area (Å²) in [4.78, 5) is 90.0. The first kappa shape index (κ1) is 92.0. The molecule has 22 aromatic rings. The van der Waals surface area contributed by atoms with E-state index in [2.05, 4.69) is 180 Å². The van der Waals surface area contributed by atoms with Gasteiger partial charge in [-0.1, -0.05) is 109 Å². The second-order valence-corrected chi connectivity index (χ2v) is 34.6. The third-order valence-corrected chi connectivity index (χ3v) is 24.8. The second kappa shape index (κ2) is 38.0. The SMILES string of the molecule is Cc1nc(C)nc(-c2ccc(-n3c4ccccc4c4cc(-c5ccc(C#N)cc5C#N)ccc43)c(-c3nc(C)nc(C)n3)c2)n1.[C-]#[N+]c1cc(C#N)ccc1-c1ccc2c3ccc(-c4ccc(C#N)cc4C#N)cc3n(-c3ccc(-c4nc(C)nc(C)n4)cc3-c3nc(C)nc(C)n3)c2c1.[C-]#[N+]c1ccc(-c2ccc3c4ccccc4n(-c4ccc(-c5nc(C)nc(C)n5)cc4-c4nc(C)nc(C)n4)c3c2)c(C#N)c1. The first-order valence-electron chi connectivity index (χ1n) is 45.8. The normalized spacial score (nSPS) is 11.0. The van der Waals surface area contributed by atoms with Crippen molar-refractivity contribution < 1.29 is 0 Å². The third kappa shape index (κ3) is 17.7. The van der Waals surface area contributed by atoms with Crippen molar-refractivity contribution in [2.45, 2.75) is 83.1 Å². The molecule has 0 radical (unpaired) electrons. The number of rotatable bonds is 13. The molecule has 0 aliphatic carbocycles. The van der Waals surface area contributed by atoms with Crippen molar-refractivity contribution in [1.29, 1.82) is 31.6 Å². The summed E-state index contributed by atoms with van der Waals surface area (Å²) in [6.45, 7) is 37.5. The predicted molar refractivity (Wildman–Crippen MR) is 555 cm³/mol. The smallest absolute Gasteiger partial charge is 0.196 e. The van der Waals surface area contributed by atoms with Gasteiger partial charge in [-0.2, -0.15) is 31.6 Å². The monoisotopic (exact) mass is 1880 g/mol. The van der Waals surface area contributed by atoms with Crippen LogP contribution >= 0.6 is 0 Å². The van der Waals surface area contributed by atoms with E-state index in [9.17, 15) is 31.6 Å². The fraction of sp³-hybridized carbons (Fsp3) is 0.103. The van der Waals surface area contributed by atoms with Gasteiger partial charge in [0.25, 0.3) is 0 Å². The molecule has 0 fully saturated rings. The van der Waals surface area contributed by atoms with Crippen molar-refractivity contribution in [3.8, 4) is 166 Å². The molecule has 0 atom stereocenters. The Hall–Kier alpha value is -20.8. The number of benzene rings is 13. The number of aryl methyl sites for hydroxylation is 12. The van der Waals surface area contributed by atoms with Crippen LogP contribution < -0.4 is 0 Å². The molecule has 0 bridgehead atoms. The topological polar surface area (TPSA) is 398 Å². The summed E-state index contributed by atoms with van der Waals surface area (Å²) in [5.41, 5.74) is 22.5. The highest BCUT2D eigenvalue weighted by Crippen LogP contribution is 2.46. The van der Waals surface area contributed by atoms with Crippen molar-refractivity contribution in [1.82, 2.24) is 103 Å². The van der Waals surface area contributed by atoms with Crippen LogP contribution in [0.4, 0.5) is 11.4 Å². The molecule has 0 spiro atoms. The molecule has 29 nitrogen and oxygen atoms in total. The summed E-state index contributed by atoms with van der Waals surface area (Å²) >= 11 is 0. The van der Waals surface area contributed by atoms with Gasteiger partial charge in [0.05, 0.1) is 122 Å². The van der Waals surface area contributed by atoms with Crippen LogP contribution in [0.5, 0.6) is 0 Å². The van der Waals surface area contributed by atoms with Crippen LogP contribution in [0.15, 0.2) is 249 Å². The molecule has 0 aliphatic heterocycles. The van der Waals surface area contributed by atoms with E-state index in [-0.39, 0.29) is 0 Å². The first-order chi connectivity index (χ1) is 70.3. The number of nitriles is 6. The minimum absolute atomic E-state index is 0.373. The Morgan fingerprint density at radius 3 is 0.834 bits per heavy atom. The third-order valence-electron chi connectivity index (χ3n) is 24.8. The van der Waals surface area contributed by atoms with Crippen LogP contribution in [0, 0.1) is 164 Å². The van der Waals surface area contributed by atoms with Gasteiger partial charge in [0.15, 0.2) is 46.3 Å². The fourth-order valence-corrected chi connectivity index (χ4v) is 18.8. The van der Waals surface area contributed by atoms with E-state index in [1.165, 1.54) is 0 Å². The summed E-state index contributed by atoms with van der Waals surface area (Å²) in [7, 11) is 0. The highest BCUT2D eigenvalue weighted by atomic mass is 15.1. The number of nitrogens with zero attached hydrogens (tertiary/aromatic N) is 29. The van der Waals surface area contributed by atoms with Gasteiger partial charge < -0.3 is 13.7 Å². The molecule has 0 N–H and O–H groups in total. The lowest BCUT2D eigenvalue weighted by Gasteiger charge is -2.16. The van der Waals surface area contributed by atoms with E-state index >= 15 is 0 Å². The van der Waals surface area contributed by atoms with Crippen molar-refractivity contribution in [3.05, 3.63) is 375 Å². The lowest BCUT2D eigenvalue weighted by Crippen LogP contribution is -2.05. The average molecular weight is 1880 g/mol. The summed E-state index contributed by atoms with van der Waals surface area (Å²) in [5, 5.41) is 64.4. The zero-order valence-corrected chi connectivity index (χ0v) is 80.1. The van der Waals surface area contributed by atoms with Crippen LogP contribution in [0.1, 0.15) is 103 Å². The maximum absolute atomic E-state index is 10.1. The van der Waals surface area contributed by atoms with Crippen molar-refractivity contribution in [3.63, 3.8) is 0 Å². The Bertz CT molecular complexity index is 9380. The van der Waals surface area contributed by atoms with E-state index < -0.39 is 0 Å². The molecular formula is C116H77N29. The minimum atomic E-state index is 0.373. The van der Waals surface area contributed by atoms with Crippen LogP contribution in [-0.4, -0.2) is 103 Å². The number of fused-ring (bicyclic) bond motifs is 9. The maximum Gasteiger partial charge on any atom is 0.196 e. The van der Waals surface area contributed by atoms with Gasteiger partial charge in [0.1, 0.15) is 69.9 Å². The van der Waals surface area contributed by atoms with Crippen LogP contribution in [0.25, 0.3) is 205 Å². The van der Waals surface area contributed by atoms with Gasteiger partial charge in [-0.25, -0.2) is 99.4 Å². The van der Waals surface area contributed by atoms with Crippen molar-refractivity contribution in [2.75, 3.05) is 0 Å². The fourth-order valence-electron chi connectivity index (χ4n) is 18.8. The summed E-state index contributed by atoms with van der Waals surface area (Å²) in [5.74, 6) is 10.7. The van der Waals surface area contributed by atoms with E-state index in [1.54, 1.807) is 54.6 Å². The lowest BCUT2D eigenvalue weighted by molar-refractivity contribution is 0.923. The van der Waals surface area contributed by atoms with E-state index in [0.29, 0.717) is 166 Å². The molecule has 9 aromatic heterocycles. The molecule has 145 heavy (non-hydrogen) atoms. The standard InChI is InChI=1S/C44H27N11.2C36H25N9/c1-24-49-25(2)52-43(51-24)32-10-15-40(38(18-32)44-53-26(3)50-27(4)54-44)55-41-19-30(34-11-6-28(21-45)16-33(34)23-47)8-13-36(41)37-14-9-31(20-42(37)55)35-12-7-29(22-46)17-39(35)48-5;1-20-39-21(2)42-35(41-20)25-11-15-33(31(17-25)36-43-22(3)40-23(4)44-36)45-32-9-7-6-8-29(32)30-13-10-24(18-34(30)45)28-14-12-27(38-5)16-26(28)19-37;1-20-39-21(2)42-35(41-20)26-11-14-34(31(17-26)36-43-22(3)40-23(4)44-36)45-32-8-6-5-7-29(32)30-16-25(10-13-33(30)45)28-12-9-24(18-37)15-27(28)19-38/h6-20H,1-4H3;6-18H,1-4H3;5-17H,1-4H3. The van der Waals surface area contributed by atoms with E-state index in [4.69, 9.17) is 43.0 Å². The van der Waals surface area contributed by atoms with E-state index in [0.717, 1.165) is 144 Å². The summed E-state index contributed by atoms with van der Waals surface area (Å²) in [6, 6.07) is 93.0. The molecule has 0 aliphatic rings. The maximum atomic E-state index is 10.1. The summed E-state index contributed by atoms with van der Waals surface area (Å²) in [6.07, 6.45) is 0. The van der Waals surface area contributed by atoms with Crippen LogP contribution in [-0.2, 0) is 0 Å². The molecule has 0 saturated carbocycles. The molecule has 686 valence electrons. The molecule has 29 heteroatoms. The molecule has 13 aromatic carbocycles. The van der Waals surface area contributed by atoms with Crippen LogP contribution in [0.2, 0.25) is 0 Å². The zero-order valence-electron chi connectivity index (χ0n) is 80.1. The summed E-state index contributed by atoms with van der Waals surface area (Å²) < 4.78 is 6.58. The Morgan fingerprint density at radius 1 is 0.207 bits per heavy atom. The molecule has 9 heterocycles. The Labute approximate surface area is 830 Å². The Balaban J connectivity index is 0.000000133. The average Bonchev–Trinajstić information content (AvgIpc) is 1.58. The quantitative estimate of drug-likeness (QED) is 0.0967. The number of aromatic nitrogens is 21. The van der Waals surface area contributed by atoms with Crippen LogP contribution in [0.3, 0.4) is 0 Å². The van der Waals surface area contributed by atoms with Gasteiger partial charge in [0.2, 0.25) is 0 Å². The van der Waals surface area contributed by atoms with Gasteiger partial charge in [0, 0.05) is 76.8 Å². The van der Waals surface area contributed by atoms with Crippen molar-refractivity contribution in [2.24, 2.45) is 0 Å². The number of para-hydroxylation sites is 2. The highest BCUT2D eigenvalue weighted by molar-refractivity contribution is 6.14. The molecule has 0 amide bonds. The lowest BCUT2D eigenvalue weighted by atomic mass is 9.97. The van der Waals surface area contributed by atoms with Gasteiger partial charge in [-0.15, -0.1) is 0 Å². The minimum Gasteiger partial charge on any atom is -0.309 e. The predicted octanol–water partition coefficient (Wildman–Crippen LogP) is 24.2. The number of hydrogen-bond donors (Lipinski definition) is 0. The van der Waals surface area contributed by atoms with Gasteiger partial charge in [-0.05, 0) is 267 Å². The Morgan fingerprint density at radius 2 is 0.483 bits per heavy atom.